The topological polar surface area (TPSA) is 56.3 Å². The second-order valence-corrected chi connectivity index (χ2v) is 9.27. The zero-order valence-corrected chi connectivity index (χ0v) is 19.3. The van der Waals surface area contributed by atoms with Crippen LogP contribution in [0.1, 0.15) is 29.6 Å². The molecule has 1 aromatic rings. The number of nitrogens with zero attached hydrogens (tertiary/aromatic N) is 4. The fraction of sp³-hybridized carbons (Fsp3) is 0.636. The molecule has 1 aliphatic carbocycles. The Bertz CT molecular complexity index is 770. The van der Waals surface area contributed by atoms with E-state index in [1.807, 2.05) is 21.9 Å². The first-order chi connectivity index (χ1) is 14.5. The van der Waals surface area contributed by atoms with E-state index in [0.29, 0.717) is 30.9 Å². The number of hydrogen-bond donors (Lipinski definition) is 0. The van der Waals surface area contributed by atoms with Gasteiger partial charge >= 0.3 is 0 Å². The minimum absolute atomic E-state index is 0.00105. The predicted molar refractivity (Wildman–Crippen MR) is 119 cm³/mol. The van der Waals surface area contributed by atoms with E-state index < -0.39 is 0 Å². The maximum Gasteiger partial charge on any atom is 0.255 e. The first-order valence-corrected chi connectivity index (χ1v) is 11.7. The third kappa shape index (κ3) is 4.81. The molecule has 0 aromatic heterocycles. The fourth-order valence-electron chi connectivity index (χ4n) is 4.45. The maximum atomic E-state index is 12.9. The molecule has 7 nitrogen and oxygen atoms in total. The van der Waals surface area contributed by atoms with E-state index >= 15 is 0 Å². The molecule has 30 heavy (non-hydrogen) atoms. The number of hydrogen-bond acceptors (Lipinski definition) is 5. The molecule has 0 spiro atoms. The molecule has 0 atom stereocenters. The molecular formula is C22H31BrN4O3. The van der Waals surface area contributed by atoms with Gasteiger partial charge in [-0.05, 0) is 47.0 Å². The van der Waals surface area contributed by atoms with Crippen molar-refractivity contribution in [3.8, 4) is 5.75 Å². The summed E-state index contributed by atoms with van der Waals surface area (Å²) in [6.45, 7) is 6.87. The van der Waals surface area contributed by atoms with Crippen LogP contribution in [0, 0.1) is 0 Å². The van der Waals surface area contributed by atoms with Gasteiger partial charge in [0, 0.05) is 62.9 Å². The van der Waals surface area contributed by atoms with Crippen LogP contribution in [0.2, 0.25) is 0 Å². The molecule has 8 heteroatoms. The molecule has 4 rings (SSSR count). The average Bonchev–Trinajstić information content (AvgIpc) is 2.73. The minimum Gasteiger partial charge on any atom is -0.497 e. The standard InChI is InChI=1S/C22H31BrN4O3/c1-30-18-5-6-20(23)19(15-18)22(29)27-9-7-24(8-10-27)16-21(28)26-13-11-25(12-14-26)17-3-2-4-17/h5-6,15,17H,2-4,7-14,16H2,1H3. The summed E-state index contributed by atoms with van der Waals surface area (Å²) >= 11 is 3.47. The Hall–Kier alpha value is -1.64. The number of benzene rings is 1. The van der Waals surface area contributed by atoms with Gasteiger partial charge in [0.2, 0.25) is 5.91 Å². The summed E-state index contributed by atoms with van der Waals surface area (Å²) in [7, 11) is 1.60. The van der Waals surface area contributed by atoms with Gasteiger partial charge in [-0.3, -0.25) is 19.4 Å². The van der Waals surface area contributed by atoms with Gasteiger partial charge in [-0.15, -0.1) is 0 Å². The van der Waals surface area contributed by atoms with E-state index in [9.17, 15) is 9.59 Å². The molecule has 2 heterocycles. The lowest BCUT2D eigenvalue weighted by Crippen LogP contribution is -2.56. The molecule has 0 N–H and O–H groups in total. The highest BCUT2D eigenvalue weighted by Crippen LogP contribution is 2.26. The smallest absolute Gasteiger partial charge is 0.255 e. The summed E-state index contributed by atoms with van der Waals surface area (Å²) in [6, 6.07) is 6.20. The van der Waals surface area contributed by atoms with Gasteiger partial charge in [-0.2, -0.15) is 0 Å². The van der Waals surface area contributed by atoms with Crippen LogP contribution in [0.3, 0.4) is 0 Å². The number of methoxy groups -OCH3 is 1. The van der Waals surface area contributed by atoms with Crippen molar-refractivity contribution in [2.75, 3.05) is 66.0 Å². The number of rotatable bonds is 5. The maximum absolute atomic E-state index is 12.9. The molecule has 1 aromatic carbocycles. The molecule has 3 aliphatic rings. The van der Waals surface area contributed by atoms with Crippen LogP contribution >= 0.6 is 15.9 Å². The first-order valence-electron chi connectivity index (χ1n) is 10.9. The van der Waals surface area contributed by atoms with Crippen LogP contribution < -0.4 is 4.74 Å². The second kappa shape index (κ2) is 9.66. The molecule has 2 amide bonds. The summed E-state index contributed by atoms with van der Waals surface area (Å²) in [5.74, 6) is 0.889. The molecule has 0 radical (unpaired) electrons. The van der Waals surface area contributed by atoms with Crippen LogP contribution in [0.15, 0.2) is 22.7 Å². The number of halogens is 1. The van der Waals surface area contributed by atoms with Crippen molar-refractivity contribution in [1.82, 2.24) is 19.6 Å². The van der Waals surface area contributed by atoms with E-state index in [2.05, 4.69) is 25.7 Å². The van der Waals surface area contributed by atoms with Crippen LogP contribution in [-0.2, 0) is 4.79 Å². The van der Waals surface area contributed by atoms with Crippen LogP contribution in [-0.4, -0.2) is 103 Å². The highest BCUT2D eigenvalue weighted by molar-refractivity contribution is 9.10. The minimum atomic E-state index is -0.00105. The number of ether oxygens (including phenoxy) is 1. The van der Waals surface area contributed by atoms with Crippen molar-refractivity contribution in [2.24, 2.45) is 0 Å². The predicted octanol–water partition coefficient (Wildman–Crippen LogP) is 1.91. The summed E-state index contributed by atoms with van der Waals surface area (Å²) in [5.41, 5.74) is 0.614. The Morgan fingerprint density at radius 2 is 1.67 bits per heavy atom. The monoisotopic (exact) mass is 478 g/mol. The van der Waals surface area contributed by atoms with Gasteiger partial charge in [0.15, 0.2) is 0 Å². The lowest BCUT2D eigenvalue weighted by atomic mass is 9.91. The molecule has 0 bridgehead atoms. The van der Waals surface area contributed by atoms with E-state index in [0.717, 1.165) is 49.8 Å². The zero-order valence-electron chi connectivity index (χ0n) is 17.7. The lowest BCUT2D eigenvalue weighted by molar-refractivity contribution is -0.135. The summed E-state index contributed by atoms with van der Waals surface area (Å²) in [5, 5.41) is 0. The van der Waals surface area contributed by atoms with Crippen LogP contribution in [0.4, 0.5) is 0 Å². The largest absolute Gasteiger partial charge is 0.497 e. The molecule has 3 fully saturated rings. The highest BCUT2D eigenvalue weighted by Gasteiger charge is 2.30. The van der Waals surface area contributed by atoms with E-state index in [4.69, 9.17) is 4.74 Å². The van der Waals surface area contributed by atoms with Crippen molar-refractivity contribution in [3.63, 3.8) is 0 Å². The Balaban J connectivity index is 1.23. The highest BCUT2D eigenvalue weighted by atomic mass is 79.9. The number of carbonyl (C=O) groups is 2. The van der Waals surface area contributed by atoms with Crippen LogP contribution in [0.5, 0.6) is 5.75 Å². The molecule has 2 saturated heterocycles. The quantitative estimate of drug-likeness (QED) is 0.646. The molecule has 0 unspecified atom stereocenters. The Morgan fingerprint density at radius 3 is 2.27 bits per heavy atom. The Morgan fingerprint density at radius 1 is 1.00 bits per heavy atom. The van der Waals surface area contributed by atoms with Crippen molar-refractivity contribution in [2.45, 2.75) is 25.3 Å². The van der Waals surface area contributed by atoms with Crippen molar-refractivity contribution >= 4 is 27.7 Å². The van der Waals surface area contributed by atoms with Crippen molar-refractivity contribution in [1.29, 1.82) is 0 Å². The fourth-order valence-corrected chi connectivity index (χ4v) is 4.87. The van der Waals surface area contributed by atoms with Crippen LogP contribution in [0.25, 0.3) is 0 Å². The third-order valence-corrected chi connectivity index (χ3v) is 7.37. The van der Waals surface area contributed by atoms with Crippen molar-refractivity contribution in [3.05, 3.63) is 28.2 Å². The summed E-state index contributed by atoms with van der Waals surface area (Å²) in [6.07, 6.45) is 4.00. The summed E-state index contributed by atoms with van der Waals surface area (Å²) in [4.78, 5) is 34.3. The molecule has 2 aliphatic heterocycles. The van der Waals surface area contributed by atoms with E-state index in [-0.39, 0.29) is 11.8 Å². The Labute approximate surface area is 187 Å². The molecular weight excluding hydrogens is 448 g/mol. The van der Waals surface area contributed by atoms with E-state index in [1.54, 1.807) is 13.2 Å². The zero-order chi connectivity index (χ0) is 21.1. The lowest BCUT2D eigenvalue weighted by Gasteiger charge is -2.43. The number of carbonyl (C=O) groups excluding carboxylic acids is 2. The first kappa shape index (κ1) is 21.6. The second-order valence-electron chi connectivity index (χ2n) is 8.42. The van der Waals surface area contributed by atoms with Gasteiger partial charge in [0.05, 0.1) is 19.2 Å². The Kier molecular flexibility index (Phi) is 6.95. The van der Waals surface area contributed by atoms with Gasteiger partial charge in [-0.1, -0.05) is 6.42 Å². The summed E-state index contributed by atoms with van der Waals surface area (Å²) < 4.78 is 6.02. The molecule has 1 saturated carbocycles. The normalized spacial score (nSPS) is 21.4. The number of piperazine rings is 2. The average molecular weight is 479 g/mol. The van der Waals surface area contributed by atoms with Gasteiger partial charge in [0.25, 0.3) is 5.91 Å². The number of amides is 2. The van der Waals surface area contributed by atoms with Gasteiger partial charge < -0.3 is 14.5 Å². The van der Waals surface area contributed by atoms with E-state index in [1.165, 1.54) is 19.3 Å². The molecule has 164 valence electrons. The van der Waals surface area contributed by atoms with Gasteiger partial charge in [0.1, 0.15) is 5.75 Å². The van der Waals surface area contributed by atoms with Crippen molar-refractivity contribution < 1.29 is 14.3 Å². The third-order valence-electron chi connectivity index (χ3n) is 6.68. The van der Waals surface area contributed by atoms with Gasteiger partial charge in [-0.25, -0.2) is 0 Å². The SMILES string of the molecule is COc1ccc(Br)c(C(=O)N2CCN(CC(=O)N3CCN(C4CCC4)CC3)CC2)c1.